The molecule has 2 aromatic rings. The number of hydrogen-bond acceptors (Lipinski definition) is 6. The van der Waals surface area contributed by atoms with Crippen LogP contribution in [0.25, 0.3) is 0 Å². The Bertz CT molecular complexity index is 1080. The molecule has 12 heteroatoms. The van der Waals surface area contributed by atoms with Gasteiger partial charge in [0.25, 0.3) is 5.91 Å². The van der Waals surface area contributed by atoms with Gasteiger partial charge in [-0.1, -0.05) is 41.4 Å². The number of methoxy groups -OCH3 is 1. The first-order valence-corrected chi connectivity index (χ1v) is 11.9. The minimum atomic E-state index is -1.20. The van der Waals surface area contributed by atoms with Gasteiger partial charge in [-0.15, -0.1) is 11.8 Å². The number of amides is 3. The summed E-state index contributed by atoms with van der Waals surface area (Å²) < 4.78 is 4.80. The monoisotopic (exact) mass is 525 g/mol. The number of carbonyl (C=O) groups is 4. The molecule has 3 rings (SSSR count). The molecule has 0 bridgehead atoms. The van der Waals surface area contributed by atoms with E-state index in [1.807, 2.05) is 0 Å². The van der Waals surface area contributed by atoms with Crippen molar-refractivity contribution >= 4 is 64.5 Å². The molecule has 3 N–H and O–H groups in total. The standard InChI is InChI=1S/C22H21Cl2N3O6S/c1-33-21(30)16(26-19(28)17-10-34-11-27(17)22(31)32)9-12-5-7-13(8-6-12)25-20(29)18-14(23)3-2-4-15(18)24/h2-8,16-17H,9-11H2,1H3,(H,25,29)(H,26,28)(H,31,32)/t16-,17-/m1/s1. The molecule has 1 saturated heterocycles. The van der Waals surface area contributed by atoms with Crippen molar-refractivity contribution in [3.63, 3.8) is 0 Å². The van der Waals surface area contributed by atoms with E-state index < -0.39 is 36.0 Å². The second-order valence-corrected chi connectivity index (χ2v) is 9.12. The minimum Gasteiger partial charge on any atom is -0.467 e. The van der Waals surface area contributed by atoms with Gasteiger partial charge in [-0.2, -0.15) is 0 Å². The number of nitrogens with zero attached hydrogens (tertiary/aromatic N) is 1. The molecular weight excluding hydrogens is 505 g/mol. The predicted molar refractivity (Wildman–Crippen MR) is 129 cm³/mol. The summed E-state index contributed by atoms with van der Waals surface area (Å²) in [5.41, 5.74) is 1.31. The number of carboxylic acid groups (broad SMARTS) is 1. The van der Waals surface area contributed by atoms with Crippen molar-refractivity contribution in [3.05, 3.63) is 63.6 Å². The highest BCUT2D eigenvalue weighted by molar-refractivity contribution is 7.99. The summed E-state index contributed by atoms with van der Waals surface area (Å²) in [6, 6.07) is 9.49. The molecule has 2 atom stereocenters. The molecule has 0 radical (unpaired) electrons. The van der Waals surface area contributed by atoms with E-state index in [-0.39, 0.29) is 27.9 Å². The maximum atomic E-state index is 12.6. The maximum absolute atomic E-state index is 12.6. The van der Waals surface area contributed by atoms with Crippen LogP contribution in [0.3, 0.4) is 0 Å². The number of benzene rings is 2. The lowest BCUT2D eigenvalue weighted by Gasteiger charge is -2.23. The van der Waals surface area contributed by atoms with Gasteiger partial charge in [-0.3, -0.25) is 14.5 Å². The Balaban J connectivity index is 1.67. The minimum absolute atomic E-state index is 0.107. The molecule has 0 aliphatic carbocycles. The fourth-order valence-corrected chi connectivity index (χ4v) is 5.04. The van der Waals surface area contributed by atoms with Crippen molar-refractivity contribution in [2.45, 2.75) is 18.5 Å². The highest BCUT2D eigenvalue weighted by Gasteiger charge is 2.36. The topological polar surface area (TPSA) is 125 Å². The van der Waals surface area contributed by atoms with Crippen LogP contribution < -0.4 is 10.6 Å². The first-order chi connectivity index (χ1) is 16.2. The van der Waals surface area contributed by atoms with Crippen molar-refractivity contribution in [1.82, 2.24) is 10.2 Å². The van der Waals surface area contributed by atoms with Crippen LogP contribution in [0.2, 0.25) is 10.0 Å². The molecule has 1 fully saturated rings. The Hall–Kier alpha value is -2.95. The number of hydrogen-bond donors (Lipinski definition) is 3. The molecule has 0 spiro atoms. The Labute approximate surface area is 209 Å². The summed E-state index contributed by atoms with van der Waals surface area (Å²) in [7, 11) is 1.20. The van der Waals surface area contributed by atoms with Gasteiger partial charge < -0.3 is 20.5 Å². The van der Waals surface area contributed by atoms with Gasteiger partial charge >= 0.3 is 12.1 Å². The lowest BCUT2D eigenvalue weighted by Crippen LogP contribution is -2.52. The second-order valence-electron chi connectivity index (χ2n) is 7.30. The van der Waals surface area contributed by atoms with Gasteiger partial charge in [0.2, 0.25) is 5.91 Å². The van der Waals surface area contributed by atoms with Crippen LogP contribution in [0.1, 0.15) is 15.9 Å². The molecule has 0 saturated carbocycles. The van der Waals surface area contributed by atoms with E-state index in [0.29, 0.717) is 17.0 Å². The van der Waals surface area contributed by atoms with E-state index in [2.05, 4.69) is 10.6 Å². The number of thioether (sulfide) groups is 1. The van der Waals surface area contributed by atoms with Crippen LogP contribution in [0.15, 0.2) is 42.5 Å². The lowest BCUT2D eigenvalue weighted by atomic mass is 10.0. The van der Waals surface area contributed by atoms with Crippen LogP contribution in [-0.4, -0.2) is 64.7 Å². The summed E-state index contributed by atoms with van der Waals surface area (Å²) >= 11 is 13.5. The summed E-state index contributed by atoms with van der Waals surface area (Å²) in [4.78, 5) is 49.8. The molecule has 0 aromatic heterocycles. The van der Waals surface area contributed by atoms with Crippen molar-refractivity contribution in [2.75, 3.05) is 24.1 Å². The van der Waals surface area contributed by atoms with Gasteiger partial charge in [-0.05, 0) is 29.8 Å². The van der Waals surface area contributed by atoms with E-state index in [1.165, 1.54) is 18.9 Å². The largest absolute Gasteiger partial charge is 0.467 e. The average Bonchev–Trinajstić information content (AvgIpc) is 3.30. The fourth-order valence-electron chi connectivity index (χ4n) is 3.32. The maximum Gasteiger partial charge on any atom is 0.408 e. The number of rotatable bonds is 7. The second kappa shape index (κ2) is 11.5. The average molecular weight is 526 g/mol. The highest BCUT2D eigenvalue weighted by atomic mass is 35.5. The number of ether oxygens (including phenoxy) is 1. The zero-order valence-corrected chi connectivity index (χ0v) is 20.2. The Kier molecular flexibility index (Phi) is 8.65. The molecule has 1 aliphatic rings. The fraction of sp³-hybridized carbons (Fsp3) is 0.273. The Morgan fingerprint density at radius 2 is 1.79 bits per heavy atom. The molecular formula is C22H21Cl2N3O6S. The Morgan fingerprint density at radius 3 is 2.38 bits per heavy atom. The van der Waals surface area contributed by atoms with Crippen LogP contribution >= 0.6 is 35.0 Å². The quantitative estimate of drug-likeness (QED) is 0.472. The normalized spacial score (nSPS) is 16.0. The van der Waals surface area contributed by atoms with E-state index in [4.69, 9.17) is 27.9 Å². The summed E-state index contributed by atoms with van der Waals surface area (Å²) in [6.45, 7) is 0. The highest BCUT2D eigenvalue weighted by Crippen LogP contribution is 2.25. The third-order valence-corrected chi connectivity index (χ3v) is 6.72. The number of carbonyl (C=O) groups excluding carboxylic acids is 3. The number of esters is 1. The van der Waals surface area contributed by atoms with E-state index >= 15 is 0 Å². The van der Waals surface area contributed by atoms with Crippen LogP contribution in [-0.2, 0) is 20.7 Å². The summed E-state index contributed by atoms with van der Waals surface area (Å²) in [6.07, 6.45) is -1.09. The van der Waals surface area contributed by atoms with Crippen molar-refractivity contribution in [3.8, 4) is 0 Å². The molecule has 2 aromatic carbocycles. The first kappa shape index (κ1) is 25.7. The molecule has 34 heavy (non-hydrogen) atoms. The smallest absolute Gasteiger partial charge is 0.408 e. The molecule has 0 unspecified atom stereocenters. The Morgan fingerprint density at radius 1 is 1.15 bits per heavy atom. The van der Waals surface area contributed by atoms with Gasteiger partial charge in [0.05, 0.1) is 28.6 Å². The third kappa shape index (κ3) is 6.13. The van der Waals surface area contributed by atoms with Gasteiger partial charge in [-0.25, -0.2) is 9.59 Å². The van der Waals surface area contributed by atoms with E-state index in [9.17, 15) is 24.3 Å². The molecule has 1 heterocycles. The van der Waals surface area contributed by atoms with Gasteiger partial charge in [0.1, 0.15) is 12.1 Å². The van der Waals surface area contributed by atoms with Gasteiger partial charge in [0.15, 0.2) is 0 Å². The predicted octanol–water partition coefficient (Wildman–Crippen LogP) is 3.50. The van der Waals surface area contributed by atoms with Crippen molar-refractivity contribution < 1.29 is 29.0 Å². The zero-order chi connectivity index (χ0) is 24.8. The van der Waals surface area contributed by atoms with Crippen LogP contribution in [0.5, 0.6) is 0 Å². The van der Waals surface area contributed by atoms with Crippen LogP contribution in [0.4, 0.5) is 10.5 Å². The van der Waals surface area contributed by atoms with E-state index in [1.54, 1.807) is 42.5 Å². The van der Waals surface area contributed by atoms with E-state index in [0.717, 1.165) is 4.90 Å². The molecule has 3 amide bonds. The molecule has 1 aliphatic heterocycles. The molecule has 9 nitrogen and oxygen atoms in total. The van der Waals surface area contributed by atoms with Crippen molar-refractivity contribution in [1.29, 1.82) is 0 Å². The summed E-state index contributed by atoms with van der Waals surface area (Å²) in [5, 5.41) is 15.0. The number of nitrogens with one attached hydrogen (secondary N) is 2. The number of halogens is 2. The SMILES string of the molecule is COC(=O)[C@@H](Cc1ccc(NC(=O)c2c(Cl)cccc2Cl)cc1)NC(=O)[C@H]1CSCN1C(=O)O. The van der Waals surface area contributed by atoms with Crippen molar-refractivity contribution in [2.24, 2.45) is 0 Å². The zero-order valence-electron chi connectivity index (χ0n) is 17.9. The molecule has 180 valence electrons. The number of anilines is 1. The lowest BCUT2D eigenvalue weighted by molar-refractivity contribution is -0.145. The van der Waals surface area contributed by atoms with Crippen LogP contribution in [0, 0.1) is 0 Å². The first-order valence-electron chi connectivity index (χ1n) is 10.0. The third-order valence-electron chi connectivity index (χ3n) is 5.07. The summed E-state index contributed by atoms with van der Waals surface area (Å²) in [5.74, 6) is -1.21. The van der Waals surface area contributed by atoms with Gasteiger partial charge in [0, 0.05) is 17.9 Å².